The van der Waals surface area contributed by atoms with Crippen molar-refractivity contribution in [2.24, 2.45) is 0 Å². The van der Waals surface area contributed by atoms with Crippen molar-refractivity contribution in [2.45, 2.75) is 38.1 Å². The van der Waals surface area contributed by atoms with E-state index in [1.54, 1.807) is 24.3 Å². The fourth-order valence-electron chi connectivity index (χ4n) is 2.45. The van der Waals surface area contributed by atoms with E-state index >= 15 is 0 Å². The number of amides is 3. The molecule has 5 N–H and O–H groups in total. The molecule has 0 aromatic heterocycles. The van der Waals surface area contributed by atoms with Crippen LogP contribution in [0, 0.1) is 0 Å². The van der Waals surface area contributed by atoms with Gasteiger partial charge in [0, 0.05) is 6.04 Å². The molecular weight excluding hydrogens is 268 g/mol. The summed E-state index contributed by atoms with van der Waals surface area (Å²) in [5, 5.41) is 8.12. The Morgan fingerprint density at radius 1 is 1.14 bits per heavy atom. The number of nitrogens with two attached hydrogens (primary N) is 1. The molecule has 0 aliphatic heterocycles. The maximum atomic E-state index is 11.8. The summed E-state index contributed by atoms with van der Waals surface area (Å²) < 4.78 is 0. The highest BCUT2D eigenvalue weighted by Gasteiger charge is 2.15. The van der Waals surface area contributed by atoms with Crippen molar-refractivity contribution in [3.05, 3.63) is 24.3 Å². The summed E-state index contributed by atoms with van der Waals surface area (Å²) in [5.41, 5.74) is 6.78. The van der Waals surface area contributed by atoms with Crippen molar-refractivity contribution in [3.8, 4) is 0 Å². The van der Waals surface area contributed by atoms with Gasteiger partial charge in [0.2, 0.25) is 5.91 Å². The zero-order valence-electron chi connectivity index (χ0n) is 12.0. The average molecular weight is 290 g/mol. The lowest BCUT2D eigenvalue weighted by atomic mass is 9.96. The zero-order chi connectivity index (χ0) is 15.1. The second kappa shape index (κ2) is 7.52. The molecule has 3 amide bonds. The number of rotatable bonds is 4. The number of anilines is 2. The van der Waals surface area contributed by atoms with Gasteiger partial charge in [-0.05, 0) is 25.0 Å². The molecular formula is C15H22N4O2. The number of urea groups is 1. The van der Waals surface area contributed by atoms with Crippen molar-refractivity contribution in [1.29, 1.82) is 0 Å². The maximum absolute atomic E-state index is 11.8. The summed E-state index contributed by atoms with van der Waals surface area (Å²) in [6.45, 7) is -0.0765. The quantitative estimate of drug-likeness (QED) is 0.637. The Kier molecular flexibility index (Phi) is 5.43. The third kappa shape index (κ3) is 4.98. The minimum atomic E-state index is -0.299. The predicted octanol–water partition coefficient (Wildman–Crippen LogP) is 1.84. The van der Waals surface area contributed by atoms with Crippen LogP contribution < -0.4 is 21.7 Å². The number of hydrogen-bond donors (Lipinski definition) is 4. The molecule has 0 heterocycles. The van der Waals surface area contributed by atoms with E-state index in [2.05, 4.69) is 16.0 Å². The Morgan fingerprint density at radius 2 is 1.86 bits per heavy atom. The summed E-state index contributed by atoms with van der Waals surface area (Å²) in [6, 6.07) is 6.94. The molecule has 1 fully saturated rings. The third-order valence-corrected chi connectivity index (χ3v) is 3.58. The average Bonchev–Trinajstić information content (AvgIpc) is 2.49. The zero-order valence-corrected chi connectivity index (χ0v) is 12.0. The van der Waals surface area contributed by atoms with Crippen molar-refractivity contribution in [1.82, 2.24) is 10.6 Å². The van der Waals surface area contributed by atoms with Gasteiger partial charge in [-0.2, -0.15) is 0 Å². The fourth-order valence-corrected chi connectivity index (χ4v) is 2.45. The van der Waals surface area contributed by atoms with Crippen molar-refractivity contribution in [2.75, 3.05) is 17.6 Å². The molecule has 1 aromatic carbocycles. The van der Waals surface area contributed by atoms with Crippen molar-refractivity contribution < 1.29 is 9.59 Å². The first kappa shape index (κ1) is 15.2. The van der Waals surface area contributed by atoms with E-state index in [-0.39, 0.29) is 24.5 Å². The van der Waals surface area contributed by atoms with Gasteiger partial charge in [0.1, 0.15) is 0 Å². The smallest absolute Gasteiger partial charge is 0.315 e. The fraction of sp³-hybridized carbons (Fsp3) is 0.467. The first-order valence-electron chi connectivity index (χ1n) is 7.34. The summed E-state index contributed by atoms with van der Waals surface area (Å²) in [6.07, 6.45) is 5.57. The second-order valence-corrected chi connectivity index (χ2v) is 5.30. The molecule has 6 nitrogen and oxygen atoms in total. The van der Waals surface area contributed by atoms with Crippen LogP contribution in [0.4, 0.5) is 16.2 Å². The van der Waals surface area contributed by atoms with Crippen LogP contribution in [0.1, 0.15) is 32.1 Å². The molecule has 0 atom stereocenters. The number of benzene rings is 1. The highest BCUT2D eigenvalue weighted by molar-refractivity contribution is 5.96. The van der Waals surface area contributed by atoms with Crippen LogP contribution in [0.3, 0.4) is 0 Å². The van der Waals surface area contributed by atoms with Gasteiger partial charge in [-0.25, -0.2) is 4.79 Å². The summed E-state index contributed by atoms with van der Waals surface area (Å²) >= 11 is 0. The van der Waals surface area contributed by atoms with Gasteiger partial charge in [-0.3, -0.25) is 4.79 Å². The molecule has 0 unspecified atom stereocenters. The van der Waals surface area contributed by atoms with Gasteiger partial charge in [-0.1, -0.05) is 31.4 Å². The van der Waals surface area contributed by atoms with Gasteiger partial charge >= 0.3 is 6.03 Å². The van der Waals surface area contributed by atoms with Gasteiger partial charge in [-0.15, -0.1) is 0 Å². The standard InChI is InChI=1S/C15H22N4O2/c16-12-8-4-5-9-13(12)19-14(20)10-17-15(21)18-11-6-2-1-3-7-11/h4-5,8-9,11H,1-3,6-7,10,16H2,(H,19,20)(H2,17,18,21). The van der Waals surface area contributed by atoms with E-state index in [1.165, 1.54) is 6.42 Å². The molecule has 1 saturated carbocycles. The van der Waals surface area contributed by atoms with E-state index in [0.29, 0.717) is 11.4 Å². The molecule has 0 bridgehead atoms. The van der Waals surface area contributed by atoms with Gasteiger partial charge in [0.05, 0.1) is 17.9 Å². The summed E-state index contributed by atoms with van der Waals surface area (Å²) in [5.74, 6) is -0.299. The molecule has 0 saturated heterocycles. The van der Waals surface area contributed by atoms with Crippen LogP contribution in [0.2, 0.25) is 0 Å². The number of nitrogens with one attached hydrogen (secondary N) is 3. The molecule has 6 heteroatoms. The molecule has 1 aromatic rings. The monoisotopic (exact) mass is 290 g/mol. The minimum Gasteiger partial charge on any atom is -0.397 e. The lowest BCUT2D eigenvalue weighted by Gasteiger charge is -2.22. The highest BCUT2D eigenvalue weighted by Crippen LogP contribution is 2.17. The molecule has 1 aliphatic carbocycles. The van der Waals surface area contributed by atoms with Crippen LogP contribution in [0.5, 0.6) is 0 Å². The molecule has 21 heavy (non-hydrogen) atoms. The first-order valence-corrected chi connectivity index (χ1v) is 7.34. The maximum Gasteiger partial charge on any atom is 0.315 e. The SMILES string of the molecule is Nc1ccccc1NC(=O)CNC(=O)NC1CCCCC1. The van der Waals surface area contributed by atoms with Gasteiger partial charge in [0.15, 0.2) is 0 Å². The Hall–Kier alpha value is -2.24. The number of nitrogen functional groups attached to an aromatic ring is 1. The number of carbonyl (C=O) groups is 2. The van der Waals surface area contributed by atoms with Crippen LogP contribution >= 0.6 is 0 Å². The molecule has 114 valence electrons. The lowest BCUT2D eigenvalue weighted by Crippen LogP contribution is -2.45. The summed E-state index contributed by atoms with van der Waals surface area (Å²) in [4.78, 5) is 23.5. The number of carbonyl (C=O) groups excluding carboxylic acids is 2. The van der Waals surface area contributed by atoms with Crippen LogP contribution in [-0.4, -0.2) is 24.5 Å². The predicted molar refractivity (Wildman–Crippen MR) is 82.9 cm³/mol. The van der Waals surface area contributed by atoms with Crippen LogP contribution in [-0.2, 0) is 4.79 Å². The van der Waals surface area contributed by atoms with E-state index in [1.807, 2.05) is 0 Å². The van der Waals surface area contributed by atoms with Gasteiger partial charge < -0.3 is 21.7 Å². The van der Waals surface area contributed by atoms with Gasteiger partial charge in [0.25, 0.3) is 0 Å². The highest BCUT2D eigenvalue weighted by atomic mass is 16.2. The van der Waals surface area contributed by atoms with E-state index in [9.17, 15) is 9.59 Å². The number of para-hydroxylation sites is 2. The largest absolute Gasteiger partial charge is 0.397 e. The lowest BCUT2D eigenvalue weighted by molar-refractivity contribution is -0.115. The minimum absolute atomic E-state index is 0.0765. The van der Waals surface area contributed by atoms with Crippen LogP contribution in [0.15, 0.2) is 24.3 Å². The van der Waals surface area contributed by atoms with Crippen molar-refractivity contribution in [3.63, 3.8) is 0 Å². The molecule has 0 radical (unpaired) electrons. The second-order valence-electron chi connectivity index (χ2n) is 5.30. The Labute approximate surface area is 124 Å². The topological polar surface area (TPSA) is 96.2 Å². The Balaban J connectivity index is 1.71. The van der Waals surface area contributed by atoms with E-state index in [0.717, 1.165) is 25.7 Å². The normalized spacial score (nSPS) is 15.2. The Bertz CT molecular complexity index is 498. The van der Waals surface area contributed by atoms with E-state index < -0.39 is 0 Å². The third-order valence-electron chi connectivity index (χ3n) is 3.58. The summed E-state index contributed by atoms with van der Waals surface area (Å²) in [7, 11) is 0. The van der Waals surface area contributed by atoms with Crippen LogP contribution in [0.25, 0.3) is 0 Å². The first-order chi connectivity index (χ1) is 10.1. The van der Waals surface area contributed by atoms with E-state index in [4.69, 9.17) is 5.73 Å². The molecule has 2 rings (SSSR count). The Morgan fingerprint density at radius 3 is 2.57 bits per heavy atom. The molecule has 0 spiro atoms. The van der Waals surface area contributed by atoms with Crippen molar-refractivity contribution >= 4 is 23.3 Å². The molecule has 1 aliphatic rings. The number of hydrogen-bond acceptors (Lipinski definition) is 3.